The van der Waals surface area contributed by atoms with Gasteiger partial charge in [-0.2, -0.15) is 0 Å². The molecule has 0 aliphatic rings. The molecule has 4 nitrogen and oxygen atoms in total. The average molecular weight is 414 g/mol. The van der Waals surface area contributed by atoms with Gasteiger partial charge in [0.25, 0.3) is 5.69 Å². The Morgan fingerprint density at radius 2 is 1.22 bits per heavy atom. The van der Waals surface area contributed by atoms with Gasteiger partial charge in [0.1, 0.15) is 0 Å². The maximum absolute atomic E-state index is 12.4. The molecule has 4 heteroatoms. The molecule has 0 aliphatic heterocycles. The minimum Gasteiger partial charge on any atom is -0.317 e. The summed E-state index contributed by atoms with van der Waals surface area (Å²) in [6.45, 7) is 0. The third-order valence-electron chi connectivity index (χ3n) is 6.12. The van der Waals surface area contributed by atoms with Crippen LogP contribution in [0.2, 0.25) is 0 Å². The summed E-state index contributed by atoms with van der Waals surface area (Å²) in [4.78, 5) is 12.2. The molecule has 0 bridgehead atoms. The van der Waals surface area contributed by atoms with Crippen LogP contribution in [0.5, 0.6) is 0 Å². The zero-order valence-corrected chi connectivity index (χ0v) is 17.1. The number of aromatic nitrogens is 1. The van der Waals surface area contributed by atoms with Gasteiger partial charge in [-0.25, -0.2) is 0 Å². The number of hydrogen-bond donors (Lipinski definition) is 0. The third-order valence-corrected chi connectivity index (χ3v) is 6.12. The molecular formula is C28H18N2O2. The second-order valence-corrected chi connectivity index (χ2v) is 7.83. The van der Waals surface area contributed by atoms with Crippen molar-refractivity contribution in [3.8, 4) is 16.8 Å². The van der Waals surface area contributed by atoms with E-state index < -0.39 is 0 Å². The highest BCUT2D eigenvalue weighted by Crippen LogP contribution is 2.45. The van der Waals surface area contributed by atoms with Crippen molar-refractivity contribution in [3.05, 3.63) is 119 Å². The smallest absolute Gasteiger partial charge is 0.285 e. The zero-order chi connectivity index (χ0) is 21.7. The molecule has 0 aliphatic carbocycles. The Balaban J connectivity index is 1.77. The number of benzene rings is 5. The summed E-state index contributed by atoms with van der Waals surface area (Å²) in [7, 11) is 0. The maximum atomic E-state index is 12.4. The van der Waals surface area contributed by atoms with Gasteiger partial charge in [0.2, 0.25) is 0 Å². The SMILES string of the molecule is O=[N+]([O-])c1c(-c2cccc3c2ccn3-c2ccccc2)c2ccccc2c2ccccc12. The monoisotopic (exact) mass is 414 g/mol. The van der Waals surface area contributed by atoms with Crippen LogP contribution in [0.4, 0.5) is 5.69 Å². The molecule has 5 aromatic carbocycles. The highest BCUT2D eigenvalue weighted by molar-refractivity contribution is 6.21. The van der Waals surface area contributed by atoms with E-state index in [4.69, 9.17) is 0 Å². The van der Waals surface area contributed by atoms with Crippen molar-refractivity contribution in [3.63, 3.8) is 0 Å². The maximum Gasteiger partial charge on any atom is 0.285 e. The van der Waals surface area contributed by atoms with Crippen molar-refractivity contribution in [1.29, 1.82) is 0 Å². The Hall–Kier alpha value is -4.44. The molecule has 0 unspecified atom stereocenters. The predicted molar refractivity (Wildman–Crippen MR) is 130 cm³/mol. The summed E-state index contributed by atoms with van der Waals surface area (Å²) in [5.74, 6) is 0. The van der Waals surface area contributed by atoms with E-state index in [-0.39, 0.29) is 10.6 Å². The molecule has 0 saturated carbocycles. The minimum atomic E-state index is -0.239. The fourth-order valence-electron chi connectivity index (χ4n) is 4.78. The second-order valence-electron chi connectivity index (χ2n) is 7.83. The van der Waals surface area contributed by atoms with Crippen LogP contribution >= 0.6 is 0 Å². The van der Waals surface area contributed by atoms with Crippen LogP contribution in [-0.2, 0) is 0 Å². The molecule has 0 amide bonds. The van der Waals surface area contributed by atoms with Gasteiger partial charge in [-0.05, 0) is 52.1 Å². The lowest BCUT2D eigenvalue weighted by atomic mass is 9.90. The van der Waals surface area contributed by atoms with E-state index in [0.717, 1.165) is 38.3 Å². The fraction of sp³-hybridized carbons (Fsp3) is 0. The lowest BCUT2D eigenvalue weighted by Crippen LogP contribution is -1.97. The van der Waals surface area contributed by atoms with Gasteiger partial charge in [-0.3, -0.25) is 10.1 Å². The fourth-order valence-corrected chi connectivity index (χ4v) is 4.78. The molecule has 152 valence electrons. The number of rotatable bonds is 3. The van der Waals surface area contributed by atoms with E-state index in [1.807, 2.05) is 91.1 Å². The number of nitro groups is 1. The molecule has 32 heavy (non-hydrogen) atoms. The van der Waals surface area contributed by atoms with Crippen LogP contribution in [0.1, 0.15) is 0 Å². The summed E-state index contributed by atoms with van der Waals surface area (Å²) < 4.78 is 2.12. The summed E-state index contributed by atoms with van der Waals surface area (Å²) in [5.41, 5.74) is 3.75. The first-order chi connectivity index (χ1) is 15.7. The van der Waals surface area contributed by atoms with E-state index >= 15 is 0 Å². The molecule has 0 N–H and O–H groups in total. The molecule has 0 atom stereocenters. The van der Waals surface area contributed by atoms with E-state index in [0.29, 0.717) is 10.9 Å². The van der Waals surface area contributed by atoms with Crippen LogP contribution in [-0.4, -0.2) is 9.49 Å². The first kappa shape index (κ1) is 18.3. The van der Waals surface area contributed by atoms with Gasteiger partial charge in [0.15, 0.2) is 0 Å². The Labute approximate surface area is 184 Å². The van der Waals surface area contributed by atoms with E-state index in [9.17, 15) is 10.1 Å². The van der Waals surface area contributed by atoms with Crippen molar-refractivity contribution in [2.75, 3.05) is 0 Å². The van der Waals surface area contributed by atoms with Gasteiger partial charge in [0, 0.05) is 17.3 Å². The molecule has 6 aromatic rings. The second kappa shape index (κ2) is 7.06. The van der Waals surface area contributed by atoms with Crippen molar-refractivity contribution in [2.24, 2.45) is 0 Å². The molecule has 6 rings (SSSR count). The van der Waals surface area contributed by atoms with E-state index in [1.54, 1.807) is 0 Å². The lowest BCUT2D eigenvalue weighted by Gasteiger charge is -2.14. The number of fused-ring (bicyclic) bond motifs is 4. The van der Waals surface area contributed by atoms with Gasteiger partial charge >= 0.3 is 0 Å². The van der Waals surface area contributed by atoms with Crippen molar-refractivity contribution >= 4 is 38.1 Å². The van der Waals surface area contributed by atoms with E-state index in [1.165, 1.54) is 0 Å². The number of nitro benzene ring substituents is 1. The summed E-state index contributed by atoms with van der Waals surface area (Å²) in [6.07, 6.45) is 2.03. The van der Waals surface area contributed by atoms with Crippen molar-refractivity contribution in [2.45, 2.75) is 0 Å². The predicted octanol–water partition coefficient (Wildman–Crippen LogP) is 7.51. The topological polar surface area (TPSA) is 48.1 Å². The zero-order valence-electron chi connectivity index (χ0n) is 17.1. The normalized spacial score (nSPS) is 11.4. The summed E-state index contributed by atoms with van der Waals surface area (Å²) in [6, 6.07) is 33.7. The van der Waals surface area contributed by atoms with Gasteiger partial charge in [-0.1, -0.05) is 72.8 Å². The van der Waals surface area contributed by atoms with Gasteiger partial charge in [-0.15, -0.1) is 0 Å². The van der Waals surface area contributed by atoms with Crippen molar-refractivity contribution in [1.82, 2.24) is 4.57 Å². The van der Waals surface area contributed by atoms with E-state index in [2.05, 4.69) is 22.8 Å². The standard InChI is InChI=1S/C28H18N2O2/c31-30(32)28-25-14-7-5-12-21(25)20-11-4-6-13-23(20)27(28)24-15-8-16-26-22(24)17-18-29(26)19-9-2-1-3-10-19/h1-18H. The van der Waals surface area contributed by atoms with Crippen molar-refractivity contribution < 1.29 is 4.92 Å². The molecule has 0 spiro atoms. The molecular weight excluding hydrogens is 396 g/mol. The first-order valence-electron chi connectivity index (χ1n) is 10.5. The van der Waals surface area contributed by atoms with Crippen LogP contribution < -0.4 is 0 Å². The van der Waals surface area contributed by atoms with Crippen LogP contribution in [0.25, 0.3) is 49.3 Å². The number of hydrogen-bond acceptors (Lipinski definition) is 2. The Kier molecular flexibility index (Phi) is 4.05. The summed E-state index contributed by atoms with van der Waals surface area (Å²) >= 11 is 0. The van der Waals surface area contributed by atoms with Crippen LogP contribution in [0.15, 0.2) is 109 Å². The molecule has 1 heterocycles. The number of nitrogens with zero attached hydrogens (tertiary/aromatic N) is 2. The molecule has 0 radical (unpaired) electrons. The summed E-state index contributed by atoms with van der Waals surface area (Å²) in [5, 5.41) is 16.9. The Bertz CT molecular complexity index is 1650. The average Bonchev–Trinajstić information content (AvgIpc) is 3.28. The lowest BCUT2D eigenvalue weighted by molar-refractivity contribution is -0.382. The van der Waals surface area contributed by atoms with Gasteiger partial charge in [0.05, 0.1) is 21.4 Å². The highest BCUT2D eigenvalue weighted by Gasteiger charge is 2.25. The highest BCUT2D eigenvalue weighted by atomic mass is 16.6. The minimum absolute atomic E-state index is 0.152. The molecule has 1 aromatic heterocycles. The van der Waals surface area contributed by atoms with Crippen LogP contribution in [0.3, 0.4) is 0 Å². The van der Waals surface area contributed by atoms with Crippen LogP contribution in [0, 0.1) is 10.1 Å². The molecule has 0 saturated heterocycles. The quantitative estimate of drug-likeness (QED) is 0.171. The Morgan fingerprint density at radius 1 is 0.594 bits per heavy atom. The molecule has 0 fully saturated rings. The Morgan fingerprint density at radius 3 is 1.94 bits per heavy atom. The first-order valence-corrected chi connectivity index (χ1v) is 10.5. The van der Waals surface area contributed by atoms with Gasteiger partial charge < -0.3 is 4.57 Å². The largest absolute Gasteiger partial charge is 0.317 e. The third kappa shape index (κ3) is 2.63. The number of para-hydroxylation sites is 1.